The van der Waals surface area contributed by atoms with E-state index in [9.17, 15) is 13.2 Å². The predicted molar refractivity (Wildman–Crippen MR) is 78.7 cm³/mol. The molecule has 0 amide bonds. The molecule has 1 heterocycles. The molecule has 6 heteroatoms. The molecule has 21 heavy (non-hydrogen) atoms. The summed E-state index contributed by atoms with van der Waals surface area (Å²) in [5.41, 5.74) is 2.19. The number of aromatic nitrogens is 1. The Labute approximate surface area is 126 Å². The molecule has 0 fully saturated rings. The molecule has 0 aliphatic heterocycles. The van der Waals surface area contributed by atoms with Crippen molar-refractivity contribution in [3.63, 3.8) is 0 Å². The lowest BCUT2D eigenvalue weighted by Gasteiger charge is -2.16. The molecule has 0 atom stereocenters. The van der Waals surface area contributed by atoms with E-state index in [0.29, 0.717) is 6.54 Å². The minimum atomic E-state index is -4.44. The van der Waals surface area contributed by atoms with Crippen LogP contribution in [0.25, 0.3) is 0 Å². The van der Waals surface area contributed by atoms with Gasteiger partial charge >= 0.3 is 6.18 Å². The van der Waals surface area contributed by atoms with Crippen molar-refractivity contribution in [2.24, 2.45) is 7.05 Å². The molecule has 1 N–H and O–H groups in total. The number of aryl methyl sites for hydroxylation is 1. The second kappa shape index (κ2) is 5.64. The molecule has 0 spiro atoms. The minimum Gasteiger partial charge on any atom is -0.379 e. The highest BCUT2D eigenvalue weighted by Gasteiger charge is 2.34. The van der Waals surface area contributed by atoms with Crippen LogP contribution >= 0.6 is 11.6 Å². The van der Waals surface area contributed by atoms with Gasteiger partial charge in [-0.25, -0.2) is 0 Å². The molecular weight excluding hydrogens is 301 g/mol. The maximum atomic E-state index is 13.0. The number of alkyl halides is 3. The van der Waals surface area contributed by atoms with Gasteiger partial charge in [-0.2, -0.15) is 13.2 Å². The van der Waals surface area contributed by atoms with Crippen molar-refractivity contribution in [2.45, 2.75) is 26.6 Å². The lowest BCUT2D eigenvalue weighted by atomic mass is 10.1. The second-order valence-corrected chi connectivity index (χ2v) is 5.38. The van der Waals surface area contributed by atoms with Gasteiger partial charge in [0.25, 0.3) is 0 Å². The molecule has 1 aromatic heterocycles. The summed E-state index contributed by atoms with van der Waals surface area (Å²) >= 11 is 5.91. The number of hydrogen-bond donors (Lipinski definition) is 1. The highest BCUT2D eigenvalue weighted by molar-refractivity contribution is 6.33. The van der Waals surface area contributed by atoms with Gasteiger partial charge in [0.2, 0.25) is 0 Å². The van der Waals surface area contributed by atoms with E-state index >= 15 is 0 Å². The van der Waals surface area contributed by atoms with Crippen LogP contribution in [0.1, 0.15) is 22.5 Å². The van der Waals surface area contributed by atoms with E-state index in [1.165, 1.54) is 12.1 Å². The van der Waals surface area contributed by atoms with Gasteiger partial charge in [0, 0.05) is 25.0 Å². The van der Waals surface area contributed by atoms with Crippen molar-refractivity contribution in [2.75, 3.05) is 5.32 Å². The Morgan fingerprint density at radius 3 is 2.43 bits per heavy atom. The van der Waals surface area contributed by atoms with Crippen molar-refractivity contribution in [1.82, 2.24) is 4.57 Å². The molecule has 114 valence electrons. The first kappa shape index (κ1) is 15.8. The summed E-state index contributed by atoms with van der Waals surface area (Å²) in [4.78, 5) is 0. The Morgan fingerprint density at radius 1 is 1.24 bits per heavy atom. The molecule has 0 saturated carbocycles. The number of hydrogen-bond acceptors (Lipinski definition) is 1. The Bertz CT molecular complexity index is 660. The Kier molecular flexibility index (Phi) is 4.23. The monoisotopic (exact) mass is 316 g/mol. The van der Waals surface area contributed by atoms with Crippen molar-refractivity contribution >= 4 is 17.3 Å². The van der Waals surface area contributed by atoms with Crippen LogP contribution in [0.3, 0.4) is 0 Å². The van der Waals surface area contributed by atoms with E-state index in [1.54, 1.807) is 0 Å². The topological polar surface area (TPSA) is 17.0 Å². The van der Waals surface area contributed by atoms with Gasteiger partial charge in [0.05, 0.1) is 16.3 Å². The van der Waals surface area contributed by atoms with Crippen LogP contribution in [-0.2, 0) is 19.8 Å². The van der Waals surface area contributed by atoms with E-state index in [2.05, 4.69) is 5.32 Å². The van der Waals surface area contributed by atoms with Gasteiger partial charge in [-0.1, -0.05) is 17.7 Å². The van der Waals surface area contributed by atoms with E-state index in [1.807, 2.05) is 31.5 Å². The van der Waals surface area contributed by atoms with E-state index in [0.717, 1.165) is 23.0 Å². The highest BCUT2D eigenvalue weighted by Crippen LogP contribution is 2.38. The van der Waals surface area contributed by atoms with Crippen LogP contribution in [0.15, 0.2) is 24.3 Å². The maximum Gasteiger partial charge on any atom is 0.418 e. The van der Waals surface area contributed by atoms with Crippen LogP contribution in [-0.4, -0.2) is 4.57 Å². The number of anilines is 1. The number of nitrogens with one attached hydrogen (secondary N) is 1. The quantitative estimate of drug-likeness (QED) is 0.850. The van der Waals surface area contributed by atoms with Crippen LogP contribution in [0.5, 0.6) is 0 Å². The van der Waals surface area contributed by atoms with Crippen LogP contribution < -0.4 is 5.32 Å². The first-order valence-electron chi connectivity index (χ1n) is 6.43. The predicted octanol–water partition coefficient (Wildman–Crippen LogP) is 4.93. The SMILES string of the molecule is Cc1cc(CNc2c(Cl)cccc2C(F)(F)F)c(C)n1C. The fraction of sp³-hybridized carbons (Fsp3) is 0.333. The lowest BCUT2D eigenvalue weighted by molar-refractivity contribution is -0.136. The van der Waals surface area contributed by atoms with Gasteiger partial charge < -0.3 is 9.88 Å². The molecule has 1 aromatic carbocycles. The Morgan fingerprint density at radius 2 is 1.90 bits per heavy atom. The standard InChI is InChI=1S/C15H16ClF3N2/c1-9-7-11(10(2)21(9)3)8-20-14-12(15(17,18)19)5-4-6-13(14)16/h4-7,20H,8H2,1-3H3. The number of rotatable bonds is 3. The van der Waals surface area contributed by atoms with Gasteiger partial charge in [0.1, 0.15) is 0 Å². The fourth-order valence-electron chi connectivity index (χ4n) is 2.24. The van der Waals surface area contributed by atoms with Crippen LogP contribution in [0.2, 0.25) is 5.02 Å². The van der Waals surface area contributed by atoms with Crippen molar-refractivity contribution in [3.8, 4) is 0 Å². The van der Waals surface area contributed by atoms with Crippen molar-refractivity contribution < 1.29 is 13.2 Å². The first-order chi connectivity index (χ1) is 9.71. The zero-order valence-corrected chi connectivity index (χ0v) is 12.7. The Hall–Kier alpha value is -1.62. The molecule has 0 aliphatic carbocycles. The molecule has 0 saturated heterocycles. The number of nitrogens with zero attached hydrogens (tertiary/aromatic N) is 1. The summed E-state index contributed by atoms with van der Waals surface area (Å²) in [5.74, 6) is 0. The molecular formula is C15H16ClF3N2. The minimum absolute atomic E-state index is 0.0649. The molecule has 2 rings (SSSR count). The van der Waals surface area contributed by atoms with Gasteiger partial charge in [0.15, 0.2) is 0 Å². The summed E-state index contributed by atoms with van der Waals surface area (Å²) in [6.45, 7) is 4.18. The average Bonchev–Trinajstić information content (AvgIpc) is 2.63. The molecule has 2 nitrogen and oxygen atoms in total. The molecule has 0 unspecified atom stereocenters. The maximum absolute atomic E-state index is 13.0. The molecule has 0 aliphatic rings. The third-order valence-electron chi connectivity index (χ3n) is 3.65. The fourth-order valence-corrected chi connectivity index (χ4v) is 2.48. The first-order valence-corrected chi connectivity index (χ1v) is 6.81. The smallest absolute Gasteiger partial charge is 0.379 e. The van der Waals surface area contributed by atoms with E-state index < -0.39 is 11.7 Å². The van der Waals surface area contributed by atoms with Gasteiger partial charge in [-0.05, 0) is 37.6 Å². The molecule has 0 bridgehead atoms. The third kappa shape index (κ3) is 3.18. The zero-order chi connectivity index (χ0) is 15.8. The van der Waals surface area contributed by atoms with Gasteiger partial charge in [-0.15, -0.1) is 0 Å². The summed E-state index contributed by atoms with van der Waals surface area (Å²) < 4.78 is 41.0. The summed E-state index contributed by atoms with van der Waals surface area (Å²) in [6, 6.07) is 5.72. The summed E-state index contributed by atoms with van der Waals surface area (Å²) in [7, 11) is 1.92. The lowest BCUT2D eigenvalue weighted by Crippen LogP contribution is -2.11. The number of halogens is 4. The highest BCUT2D eigenvalue weighted by atomic mass is 35.5. The van der Waals surface area contributed by atoms with Crippen molar-refractivity contribution in [1.29, 1.82) is 0 Å². The molecule has 2 aromatic rings. The number of benzene rings is 1. The largest absolute Gasteiger partial charge is 0.418 e. The summed E-state index contributed by atoms with van der Waals surface area (Å²) in [5, 5.41) is 2.89. The third-order valence-corrected chi connectivity index (χ3v) is 3.97. The Balaban J connectivity index is 2.30. The van der Waals surface area contributed by atoms with Gasteiger partial charge in [-0.3, -0.25) is 0 Å². The normalized spacial score (nSPS) is 11.8. The second-order valence-electron chi connectivity index (χ2n) is 4.97. The number of para-hydroxylation sites is 1. The van der Waals surface area contributed by atoms with Crippen LogP contribution in [0, 0.1) is 13.8 Å². The van der Waals surface area contributed by atoms with E-state index in [4.69, 9.17) is 11.6 Å². The summed E-state index contributed by atoms with van der Waals surface area (Å²) in [6.07, 6.45) is -4.44. The van der Waals surface area contributed by atoms with E-state index in [-0.39, 0.29) is 10.7 Å². The molecule has 0 radical (unpaired) electrons. The average molecular weight is 317 g/mol. The van der Waals surface area contributed by atoms with Crippen molar-refractivity contribution in [3.05, 3.63) is 51.8 Å². The van der Waals surface area contributed by atoms with Crippen LogP contribution in [0.4, 0.5) is 18.9 Å². The zero-order valence-electron chi connectivity index (χ0n) is 12.0.